The zero-order valence-electron chi connectivity index (χ0n) is 6.23. The van der Waals surface area contributed by atoms with Gasteiger partial charge in [0.05, 0.1) is 19.3 Å². The largest absolute Gasteiger partial charge is 0.376 e. The number of nitrogens with zero attached hydrogens (tertiary/aromatic N) is 2. The van der Waals surface area contributed by atoms with Crippen LogP contribution in [-0.2, 0) is 4.74 Å². The SMILES string of the molecule is N#CC=CN1CCOCC1N. The highest BCUT2D eigenvalue weighted by Gasteiger charge is 2.14. The molecule has 60 valence electrons. The smallest absolute Gasteiger partial charge is 0.100 e. The van der Waals surface area contributed by atoms with Gasteiger partial charge in [0.1, 0.15) is 6.17 Å². The van der Waals surface area contributed by atoms with E-state index < -0.39 is 0 Å². The van der Waals surface area contributed by atoms with Crippen LogP contribution < -0.4 is 5.73 Å². The van der Waals surface area contributed by atoms with E-state index >= 15 is 0 Å². The van der Waals surface area contributed by atoms with E-state index in [4.69, 9.17) is 15.7 Å². The number of nitrogens with two attached hydrogens (primary N) is 1. The fourth-order valence-electron chi connectivity index (χ4n) is 0.950. The lowest BCUT2D eigenvalue weighted by Crippen LogP contribution is -2.47. The maximum absolute atomic E-state index is 8.25. The van der Waals surface area contributed by atoms with Crippen LogP contribution in [0, 0.1) is 11.3 Å². The second-order valence-electron chi connectivity index (χ2n) is 2.32. The van der Waals surface area contributed by atoms with E-state index in [0.29, 0.717) is 13.2 Å². The van der Waals surface area contributed by atoms with Crippen LogP contribution in [0.15, 0.2) is 12.3 Å². The molecular weight excluding hydrogens is 142 g/mol. The zero-order chi connectivity index (χ0) is 8.10. The minimum Gasteiger partial charge on any atom is -0.376 e. The number of hydrogen-bond acceptors (Lipinski definition) is 4. The molecule has 0 bridgehead atoms. The first kappa shape index (κ1) is 8.05. The number of ether oxygens (including phenoxy) is 1. The van der Waals surface area contributed by atoms with Crippen molar-refractivity contribution in [2.24, 2.45) is 5.73 Å². The Morgan fingerprint density at radius 3 is 3.18 bits per heavy atom. The van der Waals surface area contributed by atoms with Gasteiger partial charge >= 0.3 is 0 Å². The monoisotopic (exact) mass is 153 g/mol. The van der Waals surface area contributed by atoms with Gasteiger partial charge in [-0.2, -0.15) is 5.26 Å². The lowest BCUT2D eigenvalue weighted by atomic mass is 10.4. The van der Waals surface area contributed by atoms with Gasteiger partial charge in [0, 0.05) is 18.8 Å². The molecule has 0 aliphatic carbocycles. The summed E-state index contributed by atoms with van der Waals surface area (Å²) in [6.45, 7) is 1.98. The Labute approximate surface area is 65.8 Å². The number of hydrogen-bond donors (Lipinski definition) is 1. The van der Waals surface area contributed by atoms with E-state index in [-0.39, 0.29) is 6.17 Å². The molecule has 1 aliphatic rings. The molecule has 4 heteroatoms. The Hall–Kier alpha value is -1.05. The number of rotatable bonds is 1. The van der Waals surface area contributed by atoms with E-state index in [2.05, 4.69) is 0 Å². The highest BCUT2D eigenvalue weighted by molar-refractivity contribution is 5.02. The van der Waals surface area contributed by atoms with Crippen LogP contribution in [0.25, 0.3) is 0 Å². The van der Waals surface area contributed by atoms with Gasteiger partial charge in [-0.25, -0.2) is 0 Å². The van der Waals surface area contributed by atoms with Gasteiger partial charge in [-0.05, 0) is 0 Å². The summed E-state index contributed by atoms with van der Waals surface area (Å²) in [5.74, 6) is 0. The summed E-state index contributed by atoms with van der Waals surface area (Å²) in [5.41, 5.74) is 5.66. The third kappa shape index (κ3) is 2.22. The minimum absolute atomic E-state index is 0.103. The Balaban J connectivity index is 2.43. The average Bonchev–Trinajstić information content (AvgIpc) is 2.03. The van der Waals surface area contributed by atoms with E-state index in [1.54, 1.807) is 6.20 Å². The van der Waals surface area contributed by atoms with Crippen LogP contribution in [0.5, 0.6) is 0 Å². The maximum Gasteiger partial charge on any atom is 0.100 e. The van der Waals surface area contributed by atoms with Crippen molar-refractivity contribution < 1.29 is 4.74 Å². The normalized spacial score (nSPS) is 25.5. The third-order valence-electron chi connectivity index (χ3n) is 1.55. The van der Waals surface area contributed by atoms with Crippen LogP contribution >= 0.6 is 0 Å². The van der Waals surface area contributed by atoms with Gasteiger partial charge in [-0.15, -0.1) is 0 Å². The molecule has 4 nitrogen and oxygen atoms in total. The van der Waals surface area contributed by atoms with Crippen molar-refractivity contribution in [1.82, 2.24) is 4.90 Å². The molecule has 1 atom stereocenters. The van der Waals surface area contributed by atoms with Crippen LogP contribution in [-0.4, -0.2) is 30.8 Å². The molecule has 1 rings (SSSR count). The molecule has 1 fully saturated rings. The first-order valence-corrected chi connectivity index (χ1v) is 3.50. The minimum atomic E-state index is -0.103. The Bertz CT molecular complexity index is 185. The molecule has 0 amide bonds. The molecule has 0 aromatic rings. The summed E-state index contributed by atoms with van der Waals surface area (Å²) >= 11 is 0. The summed E-state index contributed by atoms with van der Waals surface area (Å²) in [6, 6.07) is 1.92. The van der Waals surface area contributed by atoms with Crippen molar-refractivity contribution in [1.29, 1.82) is 5.26 Å². The average molecular weight is 153 g/mol. The van der Waals surface area contributed by atoms with Gasteiger partial charge in [-0.1, -0.05) is 0 Å². The Kier molecular flexibility index (Phi) is 2.90. The number of nitriles is 1. The van der Waals surface area contributed by atoms with Gasteiger partial charge in [0.2, 0.25) is 0 Å². The number of morpholine rings is 1. The fraction of sp³-hybridized carbons (Fsp3) is 0.571. The molecule has 0 aromatic carbocycles. The maximum atomic E-state index is 8.25. The van der Waals surface area contributed by atoms with Gasteiger partial charge in [0.15, 0.2) is 0 Å². The van der Waals surface area contributed by atoms with Crippen molar-refractivity contribution in [2.45, 2.75) is 6.17 Å². The first-order valence-electron chi connectivity index (χ1n) is 3.50. The van der Waals surface area contributed by atoms with Crippen molar-refractivity contribution in [3.05, 3.63) is 12.3 Å². The lowest BCUT2D eigenvalue weighted by Gasteiger charge is -2.31. The molecule has 1 unspecified atom stereocenters. The highest BCUT2D eigenvalue weighted by Crippen LogP contribution is 2.01. The predicted octanol–water partition coefficient (Wildman–Crippen LogP) is -0.359. The molecule has 2 N–H and O–H groups in total. The molecular formula is C7H11N3O. The van der Waals surface area contributed by atoms with Gasteiger partial charge in [-0.3, -0.25) is 0 Å². The quantitative estimate of drug-likeness (QED) is 0.522. The van der Waals surface area contributed by atoms with Crippen LogP contribution in [0.2, 0.25) is 0 Å². The van der Waals surface area contributed by atoms with E-state index in [0.717, 1.165) is 6.54 Å². The van der Waals surface area contributed by atoms with E-state index in [9.17, 15) is 0 Å². The topological polar surface area (TPSA) is 62.3 Å². The standard InChI is InChI=1S/C7H11N3O/c8-2-1-3-10-4-5-11-6-7(10)9/h1,3,7H,4-6,9H2. The zero-order valence-corrected chi connectivity index (χ0v) is 6.23. The molecule has 0 saturated carbocycles. The summed E-state index contributed by atoms with van der Waals surface area (Å²) in [4.78, 5) is 1.90. The van der Waals surface area contributed by atoms with Gasteiger partial charge in [0.25, 0.3) is 0 Å². The van der Waals surface area contributed by atoms with E-state index in [1.165, 1.54) is 6.08 Å². The van der Waals surface area contributed by atoms with E-state index in [1.807, 2.05) is 11.0 Å². The van der Waals surface area contributed by atoms with Crippen molar-refractivity contribution >= 4 is 0 Å². The van der Waals surface area contributed by atoms with Crippen LogP contribution in [0.4, 0.5) is 0 Å². The van der Waals surface area contributed by atoms with Crippen molar-refractivity contribution in [3.63, 3.8) is 0 Å². The lowest BCUT2D eigenvalue weighted by molar-refractivity contribution is 0.0188. The summed E-state index contributed by atoms with van der Waals surface area (Å²) in [6.07, 6.45) is 3.02. The number of allylic oxidation sites excluding steroid dienone is 1. The highest BCUT2D eigenvalue weighted by atomic mass is 16.5. The molecule has 1 heterocycles. The molecule has 0 radical (unpaired) electrons. The van der Waals surface area contributed by atoms with Gasteiger partial charge < -0.3 is 15.4 Å². The third-order valence-corrected chi connectivity index (χ3v) is 1.55. The Morgan fingerprint density at radius 1 is 1.73 bits per heavy atom. The predicted molar refractivity (Wildman–Crippen MR) is 40.3 cm³/mol. The molecule has 0 aromatic heterocycles. The van der Waals surface area contributed by atoms with Crippen LogP contribution in [0.1, 0.15) is 0 Å². The summed E-state index contributed by atoms with van der Waals surface area (Å²) < 4.78 is 5.11. The summed E-state index contributed by atoms with van der Waals surface area (Å²) in [7, 11) is 0. The summed E-state index contributed by atoms with van der Waals surface area (Å²) in [5, 5.41) is 8.25. The van der Waals surface area contributed by atoms with Crippen molar-refractivity contribution in [3.8, 4) is 6.07 Å². The second-order valence-corrected chi connectivity index (χ2v) is 2.32. The fourth-order valence-corrected chi connectivity index (χ4v) is 0.950. The first-order chi connectivity index (χ1) is 5.34. The second kappa shape index (κ2) is 3.96. The Morgan fingerprint density at radius 2 is 2.55 bits per heavy atom. The molecule has 1 saturated heterocycles. The molecule has 0 spiro atoms. The van der Waals surface area contributed by atoms with Crippen LogP contribution in [0.3, 0.4) is 0 Å². The van der Waals surface area contributed by atoms with Crippen molar-refractivity contribution in [2.75, 3.05) is 19.8 Å². The molecule has 1 aliphatic heterocycles. The molecule has 11 heavy (non-hydrogen) atoms.